The monoisotopic (exact) mass is 344 g/mol. The van der Waals surface area contributed by atoms with Crippen LogP contribution in [0.4, 0.5) is 0 Å². The first-order valence-electron chi connectivity index (χ1n) is 8.56. The lowest BCUT2D eigenvalue weighted by Crippen LogP contribution is -2.12. The average Bonchev–Trinajstić information content (AvgIpc) is 3.11. The molecule has 2 heterocycles. The lowest BCUT2D eigenvalue weighted by Gasteiger charge is -2.13. The largest absolute Gasteiger partial charge is 0.316 e. The van der Waals surface area contributed by atoms with Crippen LogP contribution in [-0.4, -0.2) is 19.7 Å². The summed E-state index contributed by atoms with van der Waals surface area (Å²) in [4.78, 5) is 8.79. The fourth-order valence-electron chi connectivity index (χ4n) is 3.28. The van der Waals surface area contributed by atoms with Crippen LogP contribution in [0.5, 0.6) is 0 Å². The van der Waals surface area contributed by atoms with Gasteiger partial charge in [0.25, 0.3) is 0 Å². The molecule has 0 bridgehead atoms. The molecule has 2 aromatic carbocycles. The van der Waals surface area contributed by atoms with Gasteiger partial charge in [-0.1, -0.05) is 24.3 Å². The van der Waals surface area contributed by atoms with Crippen LogP contribution in [0, 0.1) is 6.92 Å². The molecule has 0 aliphatic heterocycles. The predicted octanol–water partition coefficient (Wildman–Crippen LogP) is 4.44. The third-order valence-corrected chi connectivity index (χ3v) is 4.80. The molecule has 130 valence electrons. The zero-order valence-corrected chi connectivity index (χ0v) is 14.7. The van der Waals surface area contributed by atoms with E-state index in [0.717, 1.165) is 33.4 Å². The second-order valence-corrected chi connectivity index (χ2v) is 6.40. The van der Waals surface area contributed by atoms with E-state index in [-0.39, 0.29) is 6.04 Å². The second kappa shape index (κ2) is 6.71. The van der Waals surface area contributed by atoms with E-state index in [9.17, 15) is 0 Å². The molecule has 0 aliphatic rings. The Kier molecular flexibility index (Phi) is 4.24. The minimum absolute atomic E-state index is 0.139. The summed E-state index contributed by atoms with van der Waals surface area (Å²) in [6, 6.07) is 16.2. The van der Waals surface area contributed by atoms with Crippen molar-refractivity contribution in [3.8, 4) is 16.8 Å². The smallest absolute Gasteiger partial charge is 0.100 e. The van der Waals surface area contributed by atoms with Crippen LogP contribution in [0.3, 0.4) is 0 Å². The van der Waals surface area contributed by atoms with Crippen molar-refractivity contribution >= 4 is 11.0 Å². The number of hydrogen-bond donors (Lipinski definition) is 2. The first-order chi connectivity index (χ1) is 12.7. The predicted molar refractivity (Wildman–Crippen MR) is 102 cm³/mol. The van der Waals surface area contributed by atoms with Gasteiger partial charge in [-0.15, -0.1) is 0 Å². The van der Waals surface area contributed by atoms with E-state index in [2.05, 4.69) is 51.2 Å². The summed E-state index contributed by atoms with van der Waals surface area (Å²) in [5.41, 5.74) is 9.73. The molecular weight excluding hydrogens is 324 g/mol. The van der Waals surface area contributed by atoms with Gasteiger partial charge in [0, 0.05) is 18.0 Å². The molecule has 4 aromatic rings. The van der Waals surface area contributed by atoms with Crippen LogP contribution >= 0.6 is 0 Å². The molecule has 0 saturated carbocycles. The first-order valence-corrected chi connectivity index (χ1v) is 8.56. The number of benzene rings is 2. The van der Waals surface area contributed by atoms with Crippen molar-refractivity contribution in [2.45, 2.75) is 19.9 Å². The molecule has 0 radical (unpaired) electrons. The Balaban J connectivity index is 1.84. The van der Waals surface area contributed by atoms with E-state index in [0.29, 0.717) is 0 Å². The van der Waals surface area contributed by atoms with Gasteiger partial charge in [-0.3, -0.25) is 9.55 Å². The molecule has 1 unspecified atom stereocenters. The number of nitrogens with one attached hydrogen (secondary N) is 1. The number of hydroxylamine groups is 1. The molecule has 0 aliphatic carbocycles. The summed E-state index contributed by atoms with van der Waals surface area (Å²) in [5, 5.41) is 9.14. The quantitative estimate of drug-likeness (QED) is 0.537. The van der Waals surface area contributed by atoms with Crippen molar-refractivity contribution in [2.24, 2.45) is 0 Å². The third-order valence-electron chi connectivity index (χ3n) is 4.80. The Morgan fingerprint density at radius 2 is 2.00 bits per heavy atom. The van der Waals surface area contributed by atoms with Gasteiger partial charge in [0.15, 0.2) is 0 Å². The van der Waals surface area contributed by atoms with Crippen LogP contribution in [-0.2, 0) is 0 Å². The van der Waals surface area contributed by atoms with Gasteiger partial charge in [0.2, 0.25) is 0 Å². The highest BCUT2D eigenvalue weighted by atomic mass is 16.5. The van der Waals surface area contributed by atoms with Crippen molar-refractivity contribution in [2.75, 3.05) is 0 Å². The van der Waals surface area contributed by atoms with Gasteiger partial charge in [-0.05, 0) is 54.8 Å². The Labute approximate surface area is 151 Å². The number of nitrogens with zero attached hydrogens (tertiary/aromatic N) is 3. The van der Waals surface area contributed by atoms with Gasteiger partial charge in [-0.2, -0.15) is 5.48 Å². The standard InChI is InChI=1S/C21H20N4O/c1-14-18(17-5-4-10-22-12-17)6-3-7-20(14)25-13-23-19-11-16(15(2)24-26)8-9-21(19)25/h3-13,15,24,26H,1-2H3. The third kappa shape index (κ3) is 2.77. The van der Waals surface area contributed by atoms with Crippen LogP contribution in [0.2, 0.25) is 0 Å². The summed E-state index contributed by atoms with van der Waals surface area (Å²) in [6.45, 7) is 4.02. The summed E-state index contributed by atoms with van der Waals surface area (Å²) < 4.78 is 2.10. The highest BCUT2D eigenvalue weighted by molar-refractivity contribution is 5.80. The maximum absolute atomic E-state index is 9.14. The van der Waals surface area contributed by atoms with E-state index in [4.69, 9.17) is 5.21 Å². The Morgan fingerprint density at radius 1 is 1.12 bits per heavy atom. The lowest BCUT2D eigenvalue weighted by atomic mass is 10.0. The fourth-order valence-corrected chi connectivity index (χ4v) is 3.28. The number of imidazole rings is 1. The number of rotatable bonds is 4. The minimum atomic E-state index is -0.139. The van der Waals surface area contributed by atoms with Gasteiger partial charge in [-0.25, -0.2) is 4.98 Å². The Hall–Kier alpha value is -3.02. The molecule has 5 heteroatoms. The zero-order chi connectivity index (χ0) is 18.1. The summed E-state index contributed by atoms with van der Waals surface area (Å²) in [7, 11) is 0. The summed E-state index contributed by atoms with van der Waals surface area (Å²) in [5.74, 6) is 0. The first kappa shape index (κ1) is 16.4. The van der Waals surface area contributed by atoms with Crippen LogP contribution in [0.25, 0.3) is 27.8 Å². The van der Waals surface area contributed by atoms with Crippen molar-refractivity contribution in [1.29, 1.82) is 0 Å². The molecule has 5 nitrogen and oxygen atoms in total. The summed E-state index contributed by atoms with van der Waals surface area (Å²) >= 11 is 0. The molecule has 0 spiro atoms. The lowest BCUT2D eigenvalue weighted by molar-refractivity contribution is 0.133. The number of fused-ring (bicyclic) bond motifs is 1. The van der Waals surface area contributed by atoms with Crippen molar-refractivity contribution < 1.29 is 5.21 Å². The molecule has 0 saturated heterocycles. The average molecular weight is 344 g/mol. The van der Waals surface area contributed by atoms with Crippen molar-refractivity contribution in [3.05, 3.63) is 78.4 Å². The Bertz CT molecular complexity index is 1060. The molecule has 26 heavy (non-hydrogen) atoms. The fraction of sp³-hybridized carbons (Fsp3) is 0.143. The zero-order valence-electron chi connectivity index (χ0n) is 14.7. The van der Waals surface area contributed by atoms with E-state index < -0.39 is 0 Å². The van der Waals surface area contributed by atoms with E-state index >= 15 is 0 Å². The molecule has 2 aromatic heterocycles. The molecule has 0 fully saturated rings. The molecule has 2 N–H and O–H groups in total. The van der Waals surface area contributed by atoms with Gasteiger partial charge < -0.3 is 5.21 Å². The number of hydrogen-bond acceptors (Lipinski definition) is 4. The van der Waals surface area contributed by atoms with Crippen molar-refractivity contribution in [1.82, 2.24) is 20.0 Å². The van der Waals surface area contributed by atoms with E-state index in [1.807, 2.05) is 43.7 Å². The molecule has 0 amide bonds. The normalized spacial score (nSPS) is 12.4. The van der Waals surface area contributed by atoms with Crippen LogP contribution < -0.4 is 5.48 Å². The second-order valence-electron chi connectivity index (χ2n) is 6.40. The highest BCUT2D eigenvalue weighted by Gasteiger charge is 2.12. The highest BCUT2D eigenvalue weighted by Crippen LogP contribution is 2.29. The molecule has 1 atom stereocenters. The number of pyridine rings is 1. The van der Waals surface area contributed by atoms with E-state index in [1.165, 1.54) is 5.56 Å². The minimum Gasteiger partial charge on any atom is -0.316 e. The summed E-state index contributed by atoms with van der Waals surface area (Å²) in [6.07, 6.45) is 5.51. The molecular formula is C21H20N4O. The molecule has 4 rings (SSSR count). The van der Waals surface area contributed by atoms with E-state index in [1.54, 1.807) is 6.20 Å². The van der Waals surface area contributed by atoms with Crippen LogP contribution in [0.15, 0.2) is 67.3 Å². The topological polar surface area (TPSA) is 63.0 Å². The Morgan fingerprint density at radius 3 is 2.77 bits per heavy atom. The SMILES string of the molecule is Cc1c(-c2cccnc2)cccc1-n1cnc2cc(C(C)NO)ccc21. The maximum Gasteiger partial charge on any atom is 0.100 e. The van der Waals surface area contributed by atoms with Gasteiger partial charge in [0.05, 0.1) is 22.8 Å². The van der Waals surface area contributed by atoms with Gasteiger partial charge in [0.1, 0.15) is 6.33 Å². The number of aromatic nitrogens is 3. The maximum atomic E-state index is 9.14. The van der Waals surface area contributed by atoms with Gasteiger partial charge >= 0.3 is 0 Å². The van der Waals surface area contributed by atoms with Crippen molar-refractivity contribution in [3.63, 3.8) is 0 Å². The van der Waals surface area contributed by atoms with Crippen LogP contribution in [0.1, 0.15) is 24.1 Å².